The van der Waals surface area contributed by atoms with E-state index in [1.165, 1.54) is 18.2 Å². The van der Waals surface area contributed by atoms with Crippen LogP contribution in [0.15, 0.2) is 42.5 Å². The first-order chi connectivity index (χ1) is 11.5. The second kappa shape index (κ2) is 7.09. The first-order valence-corrected chi connectivity index (χ1v) is 7.38. The number of rotatable bonds is 2. The van der Waals surface area contributed by atoms with Crippen LogP contribution in [0, 0.1) is 0 Å². The fourth-order valence-electron chi connectivity index (χ4n) is 1.94. The van der Waals surface area contributed by atoms with E-state index >= 15 is 0 Å². The number of hydrogen-bond acceptors (Lipinski definition) is 1. The molecule has 0 fully saturated rings. The smallest absolute Gasteiger partial charge is 0.332 e. The van der Waals surface area contributed by atoms with Crippen LogP contribution >= 0.6 is 23.8 Å². The molecule has 2 N–H and O–H groups in total. The maximum Gasteiger partial charge on any atom is 0.418 e. The predicted molar refractivity (Wildman–Crippen MR) is 87.7 cm³/mol. The SMILES string of the molecule is FC(F)(F)c1cc(NC(=S)Nc2ccccc2C(F)(F)F)ccc1Cl. The third-order valence-corrected chi connectivity index (χ3v) is 3.54. The van der Waals surface area contributed by atoms with Gasteiger partial charge in [-0.3, -0.25) is 0 Å². The number of alkyl halides is 6. The second-order valence-corrected chi connectivity index (χ2v) is 5.63. The number of anilines is 2. The molecule has 2 nitrogen and oxygen atoms in total. The summed E-state index contributed by atoms with van der Waals surface area (Å²) in [5, 5.41) is 3.93. The highest BCUT2D eigenvalue weighted by Crippen LogP contribution is 2.37. The van der Waals surface area contributed by atoms with Crippen molar-refractivity contribution < 1.29 is 26.3 Å². The summed E-state index contributed by atoms with van der Waals surface area (Å²) in [7, 11) is 0. The monoisotopic (exact) mass is 398 g/mol. The average molecular weight is 399 g/mol. The number of nitrogens with one attached hydrogen (secondary N) is 2. The predicted octanol–water partition coefficient (Wildman–Crippen LogP) is 6.19. The lowest BCUT2D eigenvalue weighted by atomic mass is 10.1. The lowest BCUT2D eigenvalue weighted by molar-refractivity contribution is -0.138. The van der Waals surface area contributed by atoms with Crippen LogP contribution in [0.5, 0.6) is 0 Å². The van der Waals surface area contributed by atoms with Gasteiger partial charge in [-0.25, -0.2) is 0 Å². The molecule has 0 saturated heterocycles. The Hall–Kier alpha value is -2.00. The van der Waals surface area contributed by atoms with Crippen molar-refractivity contribution in [3.8, 4) is 0 Å². The van der Waals surface area contributed by atoms with Crippen molar-refractivity contribution in [3.63, 3.8) is 0 Å². The van der Waals surface area contributed by atoms with Gasteiger partial charge in [-0.2, -0.15) is 26.3 Å². The molecular weight excluding hydrogens is 390 g/mol. The van der Waals surface area contributed by atoms with Gasteiger partial charge in [0, 0.05) is 5.69 Å². The van der Waals surface area contributed by atoms with Gasteiger partial charge in [0.2, 0.25) is 0 Å². The summed E-state index contributed by atoms with van der Waals surface area (Å²) in [5.74, 6) is 0. The molecule has 2 aromatic rings. The highest BCUT2D eigenvalue weighted by molar-refractivity contribution is 7.80. The van der Waals surface area contributed by atoms with Crippen molar-refractivity contribution in [3.05, 3.63) is 58.6 Å². The molecule has 0 heterocycles. The number of halogens is 7. The summed E-state index contributed by atoms with van der Waals surface area (Å²) in [6, 6.07) is 7.53. The van der Waals surface area contributed by atoms with E-state index in [0.717, 1.165) is 18.2 Å². The zero-order chi connectivity index (χ0) is 18.8. The van der Waals surface area contributed by atoms with Gasteiger partial charge in [0.1, 0.15) is 0 Å². The van der Waals surface area contributed by atoms with Crippen LogP contribution in [0.25, 0.3) is 0 Å². The quantitative estimate of drug-likeness (QED) is 0.466. The van der Waals surface area contributed by atoms with E-state index < -0.39 is 28.5 Å². The van der Waals surface area contributed by atoms with Gasteiger partial charge in [-0.15, -0.1) is 0 Å². The molecule has 2 rings (SSSR count). The minimum Gasteiger partial charge on any atom is -0.332 e. The summed E-state index contributed by atoms with van der Waals surface area (Å²) in [5.41, 5.74) is -2.43. The molecule has 2 aromatic carbocycles. The highest BCUT2D eigenvalue weighted by atomic mass is 35.5. The summed E-state index contributed by atoms with van der Waals surface area (Å²) in [6.45, 7) is 0. The van der Waals surface area contributed by atoms with E-state index in [1.807, 2.05) is 0 Å². The molecule has 134 valence electrons. The Morgan fingerprint density at radius 3 is 2.04 bits per heavy atom. The second-order valence-electron chi connectivity index (χ2n) is 4.81. The molecule has 0 aromatic heterocycles. The molecular formula is C15H9ClF6N2S. The molecule has 0 bridgehead atoms. The molecule has 0 aliphatic heterocycles. The Labute approximate surface area is 148 Å². The molecule has 0 saturated carbocycles. The van der Waals surface area contributed by atoms with Crippen LogP contribution < -0.4 is 10.6 Å². The van der Waals surface area contributed by atoms with Crippen molar-refractivity contribution >= 4 is 40.3 Å². The van der Waals surface area contributed by atoms with Crippen LogP contribution in [0.4, 0.5) is 37.7 Å². The van der Waals surface area contributed by atoms with Gasteiger partial charge in [0.15, 0.2) is 5.11 Å². The first-order valence-electron chi connectivity index (χ1n) is 6.59. The third-order valence-electron chi connectivity index (χ3n) is 3.01. The molecule has 0 amide bonds. The zero-order valence-electron chi connectivity index (χ0n) is 12.1. The van der Waals surface area contributed by atoms with Gasteiger partial charge in [-0.05, 0) is 42.5 Å². The molecule has 25 heavy (non-hydrogen) atoms. The summed E-state index contributed by atoms with van der Waals surface area (Å²) >= 11 is 10.4. The van der Waals surface area contributed by atoms with E-state index in [0.29, 0.717) is 6.07 Å². The maximum absolute atomic E-state index is 12.9. The Balaban J connectivity index is 2.20. The van der Waals surface area contributed by atoms with E-state index in [-0.39, 0.29) is 16.5 Å². The van der Waals surface area contributed by atoms with Gasteiger partial charge in [0.25, 0.3) is 0 Å². The molecule has 10 heteroatoms. The van der Waals surface area contributed by atoms with E-state index in [1.54, 1.807) is 0 Å². The van der Waals surface area contributed by atoms with Crippen molar-refractivity contribution in [1.29, 1.82) is 0 Å². The Morgan fingerprint density at radius 1 is 0.840 bits per heavy atom. The number of hydrogen-bond donors (Lipinski definition) is 2. The Bertz CT molecular complexity index is 788. The minimum absolute atomic E-state index is 0.0706. The normalized spacial score (nSPS) is 12.0. The van der Waals surface area contributed by atoms with Crippen LogP contribution in [0.2, 0.25) is 5.02 Å². The molecule has 0 atom stereocenters. The lowest BCUT2D eigenvalue weighted by Crippen LogP contribution is -2.22. The molecule has 0 aliphatic rings. The van der Waals surface area contributed by atoms with Crippen molar-refractivity contribution in [2.45, 2.75) is 12.4 Å². The van der Waals surface area contributed by atoms with E-state index in [9.17, 15) is 26.3 Å². The third kappa shape index (κ3) is 4.99. The number of para-hydroxylation sites is 1. The first kappa shape index (κ1) is 19.3. The summed E-state index contributed by atoms with van der Waals surface area (Å²) < 4.78 is 77.2. The van der Waals surface area contributed by atoms with Crippen LogP contribution in [0.3, 0.4) is 0 Å². The van der Waals surface area contributed by atoms with E-state index in [2.05, 4.69) is 10.6 Å². The molecule has 0 aliphatic carbocycles. The van der Waals surface area contributed by atoms with Crippen molar-refractivity contribution in [1.82, 2.24) is 0 Å². The zero-order valence-corrected chi connectivity index (χ0v) is 13.7. The Morgan fingerprint density at radius 2 is 1.44 bits per heavy atom. The lowest BCUT2D eigenvalue weighted by Gasteiger charge is -2.16. The molecule has 0 spiro atoms. The fourth-order valence-corrected chi connectivity index (χ4v) is 2.40. The van der Waals surface area contributed by atoms with Crippen LogP contribution in [0.1, 0.15) is 11.1 Å². The van der Waals surface area contributed by atoms with Gasteiger partial charge >= 0.3 is 12.4 Å². The average Bonchev–Trinajstić information content (AvgIpc) is 2.47. The fraction of sp³-hybridized carbons (Fsp3) is 0.133. The van der Waals surface area contributed by atoms with Crippen LogP contribution in [-0.4, -0.2) is 5.11 Å². The van der Waals surface area contributed by atoms with Crippen molar-refractivity contribution in [2.24, 2.45) is 0 Å². The van der Waals surface area contributed by atoms with Gasteiger partial charge < -0.3 is 10.6 Å². The minimum atomic E-state index is -4.67. The largest absolute Gasteiger partial charge is 0.418 e. The summed E-state index contributed by atoms with van der Waals surface area (Å²) in [6.07, 6.45) is -9.28. The van der Waals surface area contributed by atoms with Gasteiger partial charge in [-0.1, -0.05) is 23.7 Å². The Kier molecular flexibility index (Phi) is 5.48. The molecule has 0 unspecified atom stereocenters. The summed E-state index contributed by atoms with van der Waals surface area (Å²) in [4.78, 5) is 0. The molecule has 0 radical (unpaired) electrons. The van der Waals surface area contributed by atoms with Crippen LogP contribution in [-0.2, 0) is 12.4 Å². The van der Waals surface area contributed by atoms with E-state index in [4.69, 9.17) is 23.8 Å². The maximum atomic E-state index is 12.9. The van der Waals surface area contributed by atoms with Gasteiger partial charge in [0.05, 0.1) is 21.8 Å². The number of benzene rings is 2. The van der Waals surface area contributed by atoms with Crippen molar-refractivity contribution in [2.75, 3.05) is 10.6 Å². The highest BCUT2D eigenvalue weighted by Gasteiger charge is 2.34. The topological polar surface area (TPSA) is 24.1 Å². The standard InChI is InChI=1S/C15H9ClF6N2S/c16-11-6-5-8(7-10(11)15(20,21)22)23-13(25)24-12-4-2-1-3-9(12)14(17,18)19/h1-7H,(H2,23,24,25). The number of thiocarbonyl (C=S) groups is 1.